The number of rotatable bonds is 9. The summed E-state index contributed by atoms with van der Waals surface area (Å²) in [5, 5.41) is 2.95. The Balaban J connectivity index is 1.36. The summed E-state index contributed by atoms with van der Waals surface area (Å²) < 4.78 is 32.4. The monoisotopic (exact) mass is 451 g/mol. The Hall–Kier alpha value is -1.97. The van der Waals surface area contributed by atoms with Gasteiger partial charge in [0.15, 0.2) is 0 Å². The first-order chi connectivity index (χ1) is 14.9. The molecule has 0 bridgehead atoms. The number of ether oxygens (including phenoxy) is 1. The number of sulfonamides is 1. The molecule has 2 saturated heterocycles. The topological polar surface area (TPSA) is 96.0 Å². The van der Waals surface area contributed by atoms with Crippen LogP contribution in [-0.2, 0) is 24.3 Å². The highest BCUT2D eigenvalue weighted by molar-refractivity contribution is 7.89. The lowest BCUT2D eigenvalue weighted by atomic mass is 10.1. The fourth-order valence-electron chi connectivity index (χ4n) is 4.03. The van der Waals surface area contributed by atoms with Gasteiger partial charge < -0.3 is 15.0 Å². The molecule has 1 aromatic carbocycles. The lowest BCUT2D eigenvalue weighted by Gasteiger charge is -2.34. The van der Waals surface area contributed by atoms with Gasteiger partial charge in [-0.25, -0.2) is 8.42 Å². The standard InChI is InChI=1S/C22H33N3O5S/c1-18(9-10-19-6-5-17-30-19)23-21(26)11-12-22(27)24-13-15-25(16-14-24)31(28,29)20-7-3-2-4-8-20/h2-4,7-8,18-19H,5-6,9-17H2,1H3,(H,23,26). The van der Waals surface area contributed by atoms with E-state index in [0.29, 0.717) is 19.2 Å². The molecule has 2 heterocycles. The Labute approximate surface area is 185 Å². The molecule has 2 aliphatic heterocycles. The Bertz CT molecular complexity index is 832. The Morgan fingerprint density at radius 3 is 2.48 bits per heavy atom. The highest BCUT2D eigenvalue weighted by Crippen LogP contribution is 2.19. The quantitative estimate of drug-likeness (QED) is 0.617. The number of nitrogens with one attached hydrogen (secondary N) is 1. The predicted octanol–water partition coefficient (Wildman–Crippen LogP) is 1.76. The molecule has 9 heteroatoms. The molecule has 172 valence electrons. The summed E-state index contributed by atoms with van der Waals surface area (Å²) >= 11 is 0. The van der Waals surface area contributed by atoms with Crippen molar-refractivity contribution >= 4 is 21.8 Å². The van der Waals surface area contributed by atoms with Gasteiger partial charge in [0.25, 0.3) is 0 Å². The fourth-order valence-corrected chi connectivity index (χ4v) is 5.47. The van der Waals surface area contributed by atoms with Gasteiger partial charge in [0, 0.05) is 51.7 Å². The van der Waals surface area contributed by atoms with Crippen LogP contribution in [-0.4, -0.2) is 74.4 Å². The van der Waals surface area contributed by atoms with Crippen LogP contribution in [0.15, 0.2) is 35.2 Å². The average molecular weight is 452 g/mol. The molecule has 0 spiro atoms. The van der Waals surface area contributed by atoms with Gasteiger partial charge in [-0.1, -0.05) is 18.2 Å². The number of carbonyl (C=O) groups excluding carboxylic acids is 2. The first-order valence-corrected chi connectivity index (χ1v) is 12.5. The van der Waals surface area contributed by atoms with Crippen LogP contribution in [0, 0.1) is 0 Å². The third-order valence-electron chi connectivity index (χ3n) is 5.89. The molecule has 8 nitrogen and oxygen atoms in total. The minimum Gasteiger partial charge on any atom is -0.378 e. The van der Waals surface area contributed by atoms with E-state index < -0.39 is 10.0 Å². The normalized spacial score (nSPS) is 21.1. The van der Waals surface area contributed by atoms with Crippen LogP contribution >= 0.6 is 0 Å². The van der Waals surface area contributed by atoms with Gasteiger partial charge in [0.05, 0.1) is 11.0 Å². The smallest absolute Gasteiger partial charge is 0.243 e. The SMILES string of the molecule is CC(CCC1CCCO1)NC(=O)CCC(=O)N1CCN(S(=O)(=O)c2ccccc2)CC1. The number of piperazine rings is 1. The van der Waals surface area contributed by atoms with E-state index in [9.17, 15) is 18.0 Å². The third kappa shape index (κ3) is 6.75. The van der Waals surface area contributed by atoms with Crippen molar-refractivity contribution in [2.75, 3.05) is 32.8 Å². The Morgan fingerprint density at radius 2 is 1.84 bits per heavy atom. The third-order valence-corrected chi connectivity index (χ3v) is 7.80. The second-order valence-corrected chi connectivity index (χ2v) is 10.2. The van der Waals surface area contributed by atoms with Crippen molar-refractivity contribution in [1.82, 2.24) is 14.5 Å². The minimum atomic E-state index is -3.54. The lowest BCUT2D eigenvalue weighted by Crippen LogP contribution is -2.50. The van der Waals surface area contributed by atoms with Crippen LogP contribution in [0.2, 0.25) is 0 Å². The second kappa shape index (κ2) is 11.1. The molecule has 0 aromatic heterocycles. The summed E-state index contributed by atoms with van der Waals surface area (Å²) in [5.74, 6) is -0.239. The van der Waals surface area contributed by atoms with E-state index in [1.165, 1.54) is 4.31 Å². The van der Waals surface area contributed by atoms with Gasteiger partial charge in [-0.2, -0.15) is 4.31 Å². The number of benzene rings is 1. The van der Waals surface area contributed by atoms with Crippen LogP contribution in [0.25, 0.3) is 0 Å². The molecule has 31 heavy (non-hydrogen) atoms. The van der Waals surface area contributed by atoms with Crippen molar-refractivity contribution in [2.24, 2.45) is 0 Å². The highest BCUT2D eigenvalue weighted by atomic mass is 32.2. The van der Waals surface area contributed by atoms with E-state index in [1.807, 2.05) is 6.92 Å². The van der Waals surface area contributed by atoms with Crippen LogP contribution < -0.4 is 5.32 Å². The van der Waals surface area contributed by atoms with Crippen molar-refractivity contribution in [3.63, 3.8) is 0 Å². The summed E-state index contributed by atoms with van der Waals surface area (Å²) in [6.45, 7) is 4.00. The van der Waals surface area contributed by atoms with Crippen molar-refractivity contribution < 1.29 is 22.7 Å². The van der Waals surface area contributed by atoms with E-state index in [1.54, 1.807) is 35.2 Å². The van der Waals surface area contributed by atoms with E-state index in [4.69, 9.17) is 4.74 Å². The van der Waals surface area contributed by atoms with Crippen molar-refractivity contribution in [1.29, 1.82) is 0 Å². The molecular weight excluding hydrogens is 418 g/mol. The molecule has 2 fully saturated rings. The molecular formula is C22H33N3O5S. The van der Waals surface area contributed by atoms with Crippen LogP contribution in [0.4, 0.5) is 0 Å². The van der Waals surface area contributed by atoms with Gasteiger partial charge in [0.1, 0.15) is 0 Å². The maximum Gasteiger partial charge on any atom is 0.243 e. The molecule has 3 rings (SSSR count). The molecule has 1 aromatic rings. The number of carbonyl (C=O) groups is 2. The predicted molar refractivity (Wildman–Crippen MR) is 117 cm³/mol. The fraction of sp³-hybridized carbons (Fsp3) is 0.636. The van der Waals surface area contributed by atoms with Crippen molar-refractivity contribution in [2.45, 2.75) is 62.5 Å². The average Bonchev–Trinajstić information content (AvgIpc) is 3.30. The van der Waals surface area contributed by atoms with Crippen molar-refractivity contribution in [3.05, 3.63) is 30.3 Å². The van der Waals surface area contributed by atoms with E-state index in [2.05, 4.69) is 5.32 Å². The lowest BCUT2D eigenvalue weighted by molar-refractivity contribution is -0.134. The zero-order valence-corrected chi connectivity index (χ0v) is 19.0. The number of nitrogens with zero attached hydrogens (tertiary/aromatic N) is 2. The number of hydrogen-bond acceptors (Lipinski definition) is 5. The van der Waals surface area contributed by atoms with Gasteiger partial charge in [-0.15, -0.1) is 0 Å². The van der Waals surface area contributed by atoms with Crippen LogP contribution in [0.5, 0.6) is 0 Å². The molecule has 0 radical (unpaired) electrons. The molecule has 0 aliphatic carbocycles. The minimum absolute atomic E-state index is 0.0542. The molecule has 2 amide bonds. The molecule has 2 unspecified atom stereocenters. The Kier molecular flexibility index (Phi) is 8.45. The first-order valence-electron chi connectivity index (χ1n) is 11.1. The zero-order valence-electron chi connectivity index (χ0n) is 18.2. The Morgan fingerprint density at radius 1 is 1.13 bits per heavy atom. The van der Waals surface area contributed by atoms with Gasteiger partial charge in [0.2, 0.25) is 21.8 Å². The van der Waals surface area contributed by atoms with Crippen molar-refractivity contribution in [3.8, 4) is 0 Å². The molecule has 2 aliphatic rings. The zero-order chi connectivity index (χ0) is 22.3. The second-order valence-electron chi connectivity index (χ2n) is 8.28. The first kappa shape index (κ1) is 23.7. The number of amides is 2. The number of hydrogen-bond donors (Lipinski definition) is 1. The summed E-state index contributed by atoms with van der Waals surface area (Å²) in [4.78, 5) is 26.6. The van der Waals surface area contributed by atoms with E-state index in [-0.39, 0.29) is 48.7 Å². The van der Waals surface area contributed by atoms with Crippen LogP contribution in [0.3, 0.4) is 0 Å². The molecule has 1 N–H and O–H groups in total. The maximum atomic E-state index is 12.7. The summed E-state index contributed by atoms with van der Waals surface area (Å²) in [6.07, 6.45) is 4.60. The summed E-state index contributed by atoms with van der Waals surface area (Å²) in [6, 6.07) is 8.37. The van der Waals surface area contributed by atoms with Crippen LogP contribution in [0.1, 0.15) is 45.4 Å². The van der Waals surface area contributed by atoms with Gasteiger partial charge in [-0.05, 0) is 44.7 Å². The van der Waals surface area contributed by atoms with Gasteiger partial charge in [-0.3, -0.25) is 9.59 Å². The summed E-state index contributed by atoms with van der Waals surface area (Å²) in [7, 11) is -3.54. The maximum absolute atomic E-state index is 12.7. The molecule has 2 atom stereocenters. The highest BCUT2D eigenvalue weighted by Gasteiger charge is 2.30. The van der Waals surface area contributed by atoms with E-state index in [0.717, 1.165) is 32.3 Å². The molecule has 0 saturated carbocycles. The van der Waals surface area contributed by atoms with Gasteiger partial charge >= 0.3 is 0 Å². The largest absolute Gasteiger partial charge is 0.378 e. The van der Waals surface area contributed by atoms with E-state index >= 15 is 0 Å². The summed E-state index contributed by atoms with van der Waals surface area (Å²) in [5.41, 5.74) is 0.